The standard InChI is InChI=1S/C9H13BrN2O2S/c1-11-6-7-15(13,14)12-9-4-2-8(10)3-5-9/h2-5,11-12H,6-7H2,1H3. The van der Waals surface area contributed by atoms with E-state index < -0.39 is 10.0 Å². The Morgan fingerprint density at radius 1 is 1.27 bits per heavy atom. The Morgan fingerprint density at radius 2 is 1.87 bits per heavy atom. The third-order valence-electron chi connectivity index (χ3n) is 1.74. The molecule has 1 aromatic carbocycles. The van der Waals surface area contributed by atoms with Crippen molar-refractivity contribution in [2.45, 2.75) is 0 Å². The number of halogens is 1. The number of benzene rings is 1. The summed E-state index contributed by atoms with van der Waals surface area (Å²) in [5, 5.41) is 2.79. The summed E-state index contributed by atoms with van der Waals surface area (Å²) >= 11 is 3.28. The molecule has 0 aliphatic rings. The number of nitrogens with one attached hydrogen (secondary N) is 2. The lowest BCUT2D eigenvalue weighted by atomic mass is 10.3. The molecule has 0 fully saturated rings. The highest BCUT2D eigenvalue weighted by Gasteiger charge is 2.08. The van der Waals surface area contributed by atoms with E-state index in [4.69, 9.17) is 0 Å². The fourth-order valence-electron chi connectivity index (χ4n) is 0.985. The average Bonchev–Trinajstić information content (AvgIpc) is 2.18. The van der Waals surface area contributed by atoms with Gasteiger partial charge in [0, 0.05) is 16.7 Å². The maximum Gasteiger partial charge on any atom is 0.233 e. The van der Waals surface area contributed by atoms with Gasteiger partial charge in [0.25, 0.3) is 0 Å². The summed E-state index contributed by atoms with van der Waals surface area (Å²) in [6.07, 6.45) is 0. The van der Waals surface area contributed by atoms with Crippen LogP contribution < -0.4 is 10.0 Å². The molecule has 1 aromatic rings. The van der Waals surface area contributed by atoms with Crippen molar-refractivity contribution < 1.29 is 8.42 Å². The second-order valence-electron chi connectivity index (χ2n) is 3.03. The SMILES string of the molecule is CNCCS(=O)(=O)Nc1ccc(Br)cc1. The summed E-state index contributed by atoms with van der Waals surface area (Å²) in [4.78, 5) is 0. The zero-order valence-electron chi connectivity index (χ0n) is 8.33. The summed E-state index contributed by atoms with van der Waals surface area (Å²) in [7, 11) is -1.52. The minimum atomic E-state index is -3.24. The highest BCUT2D eigenvalue weighted by atomic mass is 79.9. The van der Waals surface area contributed by atoms with Gasteiger partial charge in [0.1, 0.15) is 0 Å². The maximum atomic E-state index is 11.5. The third-order valence-corrected chi connectivity index (χ3v) is 3.56. The van der Waals surface area contributed by atoms with Crippen LogP contribution in [-0.2, 0) is 10.0 Å². The quantitative estimate of drug-likeness (QED) is 0.863. The van der Waals surface area contributed by atoms with E-state index in [1.54, 1.807) is 31.3 Å². The second-order valence-corrected chi connectivity index (χ2v) is 5.79. The van der Waals surface area contributed by atoms with Gasteiger partial charge in [-0.15, -0.1) is 0 Å². The lowest BCUT2D eigenvalue weighted by Crippen LogP contribution is -2.24. The fraction of sp³-hybridized carbons (Fsp3) is 0.333. The molecule has 0 aromatic heterocycles. The molecule has 15 heavy (non-hydrogen) atoms. The first kappa shape index (κ1) is 12.5. The Balaban J connectivity index is 2.65. The Hall–Kier alpha value is -0.590. The van der Waals surface area contributed by atoms with Gasteiger partial charge in [-0.1, -0.05) is 15.9 Å². The van der Waals surface area contributed by atoms with E-state index in [2.05, 4.69) is 26.0 Å². The Kier molecular flexibility index (Phi) is 4.56. The normalized spacial score (nSPS) is 11.3. The van der Waals surface area contributed by atoms with Crippen LogP contribution in [0.5, 0.6) is 0 Å². The van der Waals surface area contributed by atoms with E-state index in [9.17, 15) is 8.42 Å². The van der Waals surface area contributed by atoms with E-state index in [1.807, 2.05) is 0 Å². The molecule has 0 aliphatic heterocycles. The fourth-order valence-corrected chi connectivity index (χ4v) is 2.32. The average molecular weight is 293 g/mol. The van der Waals surface area contributed by atoms with Gasteiger partial charge in [-0.3, -0.25) is 4.72 Å². The molecule has 0 unspecified atom stereocenters. The van der Waals surface area contributed by atoms with Crippen molar-refractivity contribution in [3.05, 3.63) is 28.7 Å². The van der Waals surface area contributed by atoms with Crippen LogP contribution in [0.3, 0.4) is 0 Å². The predicted molar refractivity (Wildman–Crippen MR) is 65.5 cm³/mol. The van der Waals surface area contributed by atoms with Crippen LogP contribution in [0.1, 0.15) is 0 Å². The molecule has 4 nitrogen and oxygen atoms in total. The van der Waals surface area contributed by atoms with E-state index in [1.165, 1.54) is 0 Å². The first-order valence-electron chi connectivity index (χ1n) is 4.44. The van der Waals surface area contributed by atoms with Gasteiger partial charge in [0.15, 0.2) is 0 Å². The summed E-state index contributed by atoms with van der Waals surface area (Å²) < 4.78 is 26.4. The molecule has 0 amide bonds. The van der Waals surface area contributed by atoms with Gasteiger partial charge < -0.3 is 5.32 Å². The van der Waals surface area contributed by atoms with Crippen LogP contribution in [-0.4, -0.2) is 27.8 Å². The Bertz CT molecular complexity index is 403. The molecule has 1 rings (SSSR count). The molecule has 0 heterocycles. The predicted octanol–water partition coefficient (Wildman–Crippen LogP) is 1.41. The van der Waals surface area contributed by atoms with Crippen molar-refractivity contribution in [3.63, 3.8) is 0 Å². The van der Waals surface area contributed by atoms with Crippen LogP contribution in [0.4, 0.5) is 5.69 Å². The molecule has 0 saturated heterocycles. The lowest BCUT2D eigenvalue weighted by molar-refractivity contribution is 0.599. The topological polar surface area (TPSA) is 58.2 Å². The summed E-state index contributed by atoms with van der Waals surface area (Å²) in [5.41, 5.74) is 0.578. The number of anilines is 1. The monoisotopic (exact) mass is 292 g/mol. The molecule has 6 heteroatoms. The van der Waals surface area contributed by atoms with Crippen LogP contribution in [0.15, 0.2) is 28.7 Å². The second kappa shape index (κ2) is 5.48. The van der Waals surface area contributed by atoms with E-state index >= 15 is 0 Å². The Labute approximate surface area is 98.3 Å². The zero-order valence-corrected chi connectivity index (χ0v) is 10.7. The zero-order chi connectivity index (χ0) is 11.3. The van der Waals surface area contributed by atoms with Gasteiger partial charge in [0.2, 0.25) is 10.0 Å². The summed E-state index contributed by atoms with van der Waals surface area (Å²) in [6.45, 7) is 0.436. The van der Waals surface area contributed by atoms with Gasteiger partial charge in [0.05, 0.1) is 5.75 Å². The molecule has 84 valence electrons. The van der Waals surface area contributed by atoms with E-state index in [0.717, 1.165) is 4.47 Å². The highest BCUT2D eigenvalue weighted by molar-refractivity contribution is 9.10. The Morgan fingerprint density at radius 3 is 2.40 bits per heavy atom. The van der Waals surface area contributed by atoms with Crippen LogP contribution >= 0.6 is 15.9 Å². The van der Waals surface area contributed by atoms with Gasteiger partial charge >= 0.3 is 0 Å². The maximum absolute atomic E-state index is 11.5. The summed E-state index contributed by atoms with van der Waals surface area (Å²) in [6, 6.07) is 6.99. The van der Waals surface area contributed by atoms with Crippen molar-refractivity contribution in [1.82, 2.24) is 5.32 Å². The third kappa shape index (κ3) is 4.63. The molecule has 0 spiro atoms. The molecule has 0 saturated carbocycles. The number of hydrogen-bond acceptors (Lipinski definition) is 3. The first-order valence-corrected chi connectivity index (χ1v) is 6.89. The van der Waals surface area contributed by atoms with Crippen molar-refractivity contribution >= 4 is 31.6 Å². The first-order chi connectivity index (χ1) is 7.03. The highest BCUT2D eigenvalue weighted by Crippen LogP contribution is 2.15. The number of hydrogen-bond donors (Lipinski definition) is 2. The summed E-state index contributed by atoms with van der Waals surface area (Å²) in [5.74, 6) is 0.0690. The number of sulfonamides is 1. The van der Waals surface area contributed by atoms with E-state index in [-0.39, 0.29) is 5.75 Å². The molecule has 0 radical (unpaired) electrons. The van der Waals surface area contributed by atoms with Gasteiger partial charge in [-0.05, 0) is 31.3 Å². The minimum Gasteiger partial charge on any atom is -0.319 e. The van der Waals surface area contributed by atoms with Crippen molar-refractivity contribution in [1.29, 1.82) is 0 Å². The molecule has 2 N–H and O–H groups in total. The molecular weight excluding hydrogens is 280 g/mol. The van der Waals surface area contributed by atoms with Crippen molar-refractivity contribution in [3.8, 4) is 0 Å². The molecule has 0 bridgehead atoms. The van der Waals surface area contributed by atoms with E-state index in [0.29, 0.717) is 12.2 Å². The van der Waals surface area contributed by atoms with Gasteiger partial charge in [-0.2, -0.15) is 0 Å². The van der Waals surface area contributed by atoms with Gasteiger partial charge in [-0.25, -0.2) is 8.42 Å². The molecular formula is C9H13BrN2O2S. The minimum absolute atomic E-state index is 0.0690. The van der Waals surface area contributed by atoms with Crippen LogP contribution in [0, 0.1) is 0 Å². The number of rotatable bonds is 5. The largest absolute Gasteiger partial charge is 0.319 e. The van der Waals surface area contributed by atoms with Crippen LogP contribution in [0.25, 0.3) is 0 Å². The van der Waals surface area contributed by atoms with Crippen molar-refractivity contribution in [2.24, 2.45) is 0 Å². The molecule has 0 atom stereocenters. The smallest absolute Gasteiger partial charge is 0.233 e. The molecule has 0 aliphatic carbocycles. The lowest BCUT2D eigenvalue weighted by Gasteiger charge is -2.07. The van der Waals surface area contributed by atoms with Crippen LogP contribution in [0.2, 0.25) is 0 Å². The van der Waals surface area contributed by atoms with Crippen molar-refractivity contribution in [2.75, 3.05) is 24.1 Å².